The number of ketones is 1. The minimum Gasteiger partial charge on any atom is -0.332 e. The lowest BCUT2D eigenvalue weighted by Gasteiger charge is -2.30. The van der Waals surface area contributed by atoms with Gasteiger partial charge in [0.25, 0.3) is 0 Å². The van der Waals surface area contributed by atoms with Crippen molar-refractivity contribution in [3.05, 3.63) is 0 Å². The van der Waals surface area contributed by atoms with Crippen LogP contribution in [-0.4, -0.2) is 57.2 Å². The van der Waals surface area contributed by atoms with Crippen LogP contribution in [0.15, 0.2) is 0 Å². The summed E-state index contributed by atoms with van der Waals surface area (Å²) in [5.41, 5.74) is 5.44. The fourth-order valence-corrected chi connectivity index (χ4v) is 1.86. The molecule has 6 heteroatoms. The van der Waals surface area contributed by atoms with Gasteiger partial charge >= 0.3 is 0 Å². The van der Waals surface area contributed by atoms with Crippen LogP contribution in [0.3, 0.4) is 0 Å². The smallest absolute Gasteiger partial charge is 0.214 e. The summed E-state index contributed by atoms with van der Waals surface area (Å²) in [6.45, 7) is 3.26. The lowest BCUT2D eigenvalue weighted by atomic mass is 9.99. The number of nitrogens with one attached hydrogen (secondary N) is 1. The van der Waals surface area contributed by atoms with E-state index >= 15 is 0 Å². The number of rotatable bonds is 10. The molecule has 102 valence electrons. The summed E-state index contributed by atoms with van der Waals surface area (Å²) in [5, 5.41) is 2.97. The number of likely N-dealkylation sites (N-methyl/N-ethyl adjacent to an activating group) is 1. The first-order valence-corrected chi connectivity index (χ1v) is 6.43. The van der Waals surface area contributed by atoms with Crippen LogP contribution in [0.5, 0.6) is 0 Å². The molecule has 0 bridgehead atoms. The Hall–Kier alpha value is -0.875. The Labute approximate surface area is 111 Å². The molecule has 0 rings (SSSR count). The van der Waals surface area contributed by atoms with Gasteiger partial charge in [-0.2, -0.15) is 0 Å². The number of carbonyl (C=O) groups is 2. The quantitative estimate of drug-likeness (QED) is 0.414. The monoisotopic (exact) mass is 253 g/mol. The van der Waals surface area contributed by atoms with Crippen molar-refractivity contribution in [2.75, 3.05) is 26.7 Å². The lowest BCUT2D eigenvalue weighted by molar-refractivity contribution is -0.137. The van der Waals surface area contributed by atoms with Crippen molar-refractivity contribution in [2.24, 2.45) is 5.73 Å². The molecule has 0 spiro atoms. The van der Waals surface area contributed by atoms with Crippen LogP contribution in [0.25, 0.3) is 0 Å². The highest BCUT2D eigenvalue weighted by Crippen LogP contribution is 2.11. The van der Waals surface area contributed by atoms with E-state index in [1.165, 1.54) is 6.92 Å². The first-order chi connectivity index (χ1) is 8.58. The van der Waals surface area contributed by atoms with Gasteiger partial charge in [-0.15, -0.1) is 0 Å². The molecular weight excluding hydrogens is 229 g/mol. The number of Topliss-reactive ketones (excluding diaryl/α,β-unsaturated/α-hetero) is 1. The van der Waals surface area contributed by atoms with Crippen molar-refractivity contribution in [1.82, 2.24) is 10.2 Å². The second-order valence-corrected chi connectivity index (χ2v) is 4.31. The predicted octanol–water partition coefficient (Wildman–Crippen LogP) is -0.292. The maximum Gasteiger partial charge on any atom is 0.214 e. The highest BCUT2D eigenvalue weighted by Gasteiger charge is 2.25. The standard InChI is InChI=1S/C12H24BN3O2/c1-10(17)11(5-3-4-6-14)16(8-7-15-2)12(18)9-13/h11,15H,3-9,14H2,1-2H3/t11-/m1/s1. The van der Waals surface area contributed by atoms with Gasteiger partial charge in [0.05, 0.1) is 13.9 Å². The molecule has 0 aliphatic rings. The zero-order valence-corrected chi connectivity index (χ0v) is 11.4. The summed E-state index contributed by atoms with van der Waals surface area (Å²) in [5.74, 6) is -0.178. The van der Waals surface area contributed by atoms with Crippen molar-refractivity contribution in [3.63, 3.8) is 0 Å². The zero-order chi connectivity index (χ0) is 14.0. The molecule has 0 unspecified atom stereocenters. The van der Waals surface area contributed by atoms with Crippen molar-refractivity contribution in [1.29, 1.82) is 0 Å². The van der Waals surface area contributed by atoms with Gasteiger partial charge in [-0.1, -0.05) is 0 Å². The Bertz CT molecular complexity index is 262. The van der Waals surface area contributed by atoms with Gasteiger partial charge in [0.1, 0.15) is 0 Å². The minimum atomic E-state index is -0.374. The van der Waals surface area contributed by atoms with E-state index < -0.39 is 0 Å². The molecule has 0 saturated carbocycles. The Morgan fingerprint density at radius 3 is 2.50 bits per heavy atom. The summed E-state index contributed by atoms with van der Waals surface area (Å²) in [6.07, 6.45) is 2.29. The summed E-state index contributed by atoms with van der Waals surface area (Å²) < 4.78 is 0. The molecule has 0 aromatic heterocycles. The fraction of sp³-hybridized carbons (Fsp3) is 0.833. The maximum atomic E-state index is 11.8. The van der Waals surface area contributed by atoms with E-state index in [-0.39, 0.29) is 24.1 Å². The largest absolute Gasteiger partial charge is 0.332 e. The third-order valence-corrected chi connectivity index (χ3v) is 2.87. The molecule has 3 N–H and O–H groups in total. The molecule has 0 heterocycles. The zero-order valence-electron chi connectivity index (χ0n) is 11.4. The van der Waals surface area contributed by atoms with E-state index in [9.17, 15) is 9.59 Å². The van der Waals surface area contributed by atoms with E-state index in [2.05, 4.69) is 5.32 Å². The number of nitrogens with zero attached hydrogens (tertiary/aromatic N) is 1. The third kappa shape index (κ3) is 6.16. The number of nitrogens with two attached hydrogens (primary N) is 1. The first-order valence-electron chi connectivity index (χ1n) is 6.43. The third-order valence-electron chi connectivity index (χ3n) is 2.87. The number of unbranched alkanes of at least 4 members (excludes halogenated alkanes) is 1. The summed E-state index contributed by atoms with van der Waals surface area (Å²) in [7, 11) is 7.20. The molecule has 1 atom stereocenters. The predicted molar refractivity (Wildman–Crippen MR) is 73.6 cm³/mol. The Morgan fingerprint density at radius 1 is 1.39 bits per heavy atom. The van der Waals surface area contributed by atoms with Crippen molar-refractivity contribution < 1.29 is 9.59 Å². The molecule has 5 nitrogen and oxygen atoms in total. The molecule has 18 heavy (non-hydrogen) atoms. The van der Waals surface area contributed by atoms with E-state index in [0.29, 0.717) is 26.1 Å². The molecule has 0 aromatic carbocycles. The van der Waals surface area contributed by atoms with E-state index in [0.717, 1.165) is 12.8 Å². The molecular formula is C12H24BN3O2. The highest BCUT2D eigenvalue weighted by atomic mass is 16.2. The average molecular weight is 253 g/mol. The molecule has 1 amide bonds. The van der Waals surface area contributed by atoms with Gasteiger partial charge in [0.2, 0.25) is 5.91 Å². The molecule has 2 radical (unpaired) electrons. The average Bonchev–Trinajstić information content (AvgIpc) is 2.36. The van der Waals surface area contributed by atoms with Crippen LogP contribution in [0.1, 0.15) is 26.2 Å². The van der Waals surface area contributed by atoms with Crippen molar-refractivity contribution in [3.8, 4) is 0 Å². The lowest BCUT2D eigenvalue weighted by Crippen LogP contribution is -2.46. The van der Waals surface area contributed by atoms with Crippen LogP contribution in [0.2, 0.25) is 6.32 Å². The molecule has 0 saturated heterocycles. The van der Waals surface area contributed by atoms with Gasteiger partial charge in [0, 0.05) is 13.1 Å². The van der Waals surface area contributed by atoms with E-state index in [1.54, 1.807) is 4.90 Å². The first kappa shape index (κ1) is 17.1. The van der Waals surface area contributed by atoms with Gasteiger partial charge in [-0.3, -0.25) is 9.59 Å². The molecule has 0 aromatic rings. The van der Waals surface area contributed by atoms with Crippen LogP contribution in [0.4, 0.5) is 0 Å². The summed E-state index contributed by atoms with van der Waals surface area (Å²) >= 11 is 0. The summed E-state index contributed by atoms with van der Waals surface area (Å²) in [6, 6.07) is -0.374. The van der Waals surface area contributed by atoms with Gasteiger partial charge in [0.15, 0.2) is 5.78 Å². The van der Waals surface area contributed by atoms with Crippen LogP contribution in [0, 0.1) is 0 Å². The highest BCUT2D eigenvalue weighted by molar-refractivity contribution is 6.19. The maximum absolute atomic E-state index is 11.8. The van der Waals surface area contributed by atoms with Crippen LogP contribution in [-0.2, 0) is 9.59 Å². The van der Waals surface area contributed by atoms with Crippen molar-refractivity contribution >= 4 is 19.5 Å². The topological polar surface area (TPSA) is 75.4 Å². The minimum absolute atomic E-state index is 0.00456. The Kier molecular flexibility index (Phi) is 9.59. The molecule has 0 fully saturated rings. The Morgan fingerprint density at radius 2 is 2.06 bits per heavy atom. The van der Waals surface area contributed by atoms with Gasteiger partial charge in [-0.25, -0.2) is 0 Å². The normalized spacial score (nSPS) is 12.2. The number of hydrogen-bond acceptors (Lipinski definition) is 4. The number of amides is 1. The SMILES string of the molecule is [B]CC(=O)N(CCNC)[C@H](CCCCN)C(C)=O. The van der Waals surface area contributed by atoms with Gasteiger partial charge < -0.3 is 16.0 Å². The molecule has 0 aliphatic heterocycles. The Balaban J connectivity index is 4.62. The number of carbonyl (C=O) groups excluding carboxylic acids is 2. The van der Waals surface area contributed by atoms with Gasteiger partial charge in [-0.05, 0) is 46.1 Å². The summed E-state index contributed by atoms with van der Waals surface area (Å²) in [4.78, 5) is 25.0. The van der Waals surface area contributed by atoms with E-state index in [4.69, 9.17) is 13.6 Å². The van der Waals surface area contributed by atoms with Crippen molar-refractivity contribution in [2.45, 2.75) is 38.5 Å². The second kappa shape index (κ2) is 10.1. The molecule has 0 aliphatic carbocycles. The van der Waals surface area contributed by atoms with Crippen LogP contribution < -0.4 is 11.1 Å². The van der Waals surface area contributed by atoms with Crippen LogP contribution >= 0.6 is 0 Å². The van der Waals surface area contributed by atoms with E-state index in [1.807, 2.05) is 7.05 Å². The fourth-order valence-electron chi connectivity index (χ4n) is 1.86. The second-order valence-electron chi connectivity index (χ2n) is 4.31. The number of hydrogen-bond donors (Lipinski definition) is 2.